The minimum atomic E-state index is 0.875. The molecule has 2 heterocycles. The van der Waals surface area contributed by atoms with Crippen molar-refractivity contribution in [2.75, 3.05) is 4.90 Å². The van der Waals surface area contributed by atoms with Gasteiger partial charge in [0.25, 0.3) is 0 Å². The van der Waals surface area contributed by atoms with E-state index >= 15 is 0 Å². The maximum atomic E-state index is 7.11. The van der Waals surface area contributed by atoms with Crippen molar-refractivity contribution in [2.45, 2.75) is 0 Å². The molecule has 0 radical (unpaired) electrons. The Bertz CT molecular complexity index is 3870. The molecule has 0 saturated carbocycles. The van der Waals surface area contributed by atoms with Gasteiger partial charge in [-0.05, 0) is 117 Å². The average Bonchev–Trinajstić information content (AvgIpc) is 3.98. The Morgan fingerprint density at radius 2 is 0.710 bits per heavy atom. The van der Waals surface area contributed by atoms with Crippen molar-refractivity contribution in [2.24, 2.45) is 0 Å². The van der Waals surface area contributed by atoms with Gasteiger partial charge < -0.3 is 13.9 Å². The van der Waals surface area contributed by atoms with Crippen LogP contribution in [0, 0.1) is 0 Å². The lowest BCUT2D eigenvalue weighted by atomic mass is 9.94. The summed E-state index contributed by atoms with van der Waals surface area (Å²) in [6.07, 6.45) is 0. The first kappa shape index (κ1) is 40.1. The molecule has 2 aromatic heterocycles. The van der Waals surface area contributed by atoms with Crippen LogP contribution in [0.1, 0.15) is 0 Å². The highest BCUT2D eigenvalue weighted by Gasteiger charge is 2.21. The van der Waals surface area contributed by atoms with Gasteiger partial charge in [-0.3, -0.25) is 0 Å². The van der Waals surface area contributed by atoms with Gasteiger partial charge in [0.05, 0.1) is 11.0 Å². The number of benzene rings is 11. The maximum absolute atomic E-state index is 7.11. The highest BCUT2D eigenvalue weighted by Crippen LogP contribution is 2.45. The van der Waals surface area contributed by atoms with E-state index in [1.54, 1.807) is 0 Å². The van der Waals surface area contributed by atoms with E-state index in [0.717, 1.165) is 83.6 Å². The molecule has 0 spiro atoms. The van der Waals surface area contributed by atoms with Crippen LogP contribution in [0.2, 0.25) is 0 Å². The van der Waals surface area contributed by atoms with Crippen LogP contribution in [0.3, 0.4) is 0 Å². The molecule has 3 heteroatoms. The van der Waals surface area contributed by atoms with Gasteiger partial charge in [-0.15, -0.1) is 0 Å². The summed E-state index contributed by atoms with van der Waals surface area (Å²) in [5.41, 5.74) is 19.8. The third kappa shape index (κ3) is 7.16. The van der Waals surface area contributed by atoms with E-state index < -0.39 is 0 Å². The van der Waals surface area contributed by atoms with Crippen molar-refractivity contribution in [1.29, 1.82) is 0 Å². The molecule has 0 atom stereocenters. The van der Waals surface area contributed by atoms with Crippen LogP contribution in [-0.4, -0.2) is 4.57 Å². The second-order valence-electron chi connectivity index (χ2n) is 17.7. The van der Waals surface area contributed by atoms with Crippen LogP contribution in [0.5, 0.6) is 0 Å². The van der Waals surface area contributed by atoms with Gasteiger partial charge in [0.15, 0.2) is 0 Å². The van der Waals surface area contributed by atoms with Crippen molar-refractivity contribution in [3.8, 4) is 61.3 Å². The van der Waals surface area contributed by atoms with E-state index in [1.165, 1.54) is 38.5 Å². The van der Waals surface area contributed by atoms with Gasteiger partial charge in [0.1, 0.15) is 11.2 Å². The Morgan fingerprint density at radius 1 is 0.261 bits per heavy atom. The van der Waals surface area contributed by atoms with Crippen molar-refractivity contribution in [3.63, 3.8) is 0 Å². The largest absolute Gasteiger partial charge is 0.455 e. The highest BCUT2D eigenvalue weighted by molar-refractivity contribution is 6.16. The van der Waals surface area contributed by atoms with E-state index in [9.17, 15) is 0 Å². The minimum absolute atomic E-state index is 0.875. The Morgan fingerprint density at radius 3 is 1.30 bits per heavy atom. The summed E-state index contributed by atoms with van der Waals surface area (Å²) < 4.78 is 9.49. The zero-order chi connectivity index (χ0) is 45.7. The smallest absolute Gasteiger partial charge is 0.143 e. The molecule has 0 bridgehead atoms. The third-order valence-electron chi connectivity index (χ3n) is 13.6. The van der Waals surface area contributed by atoms with E-state index in [-0.39, 0.29) is 0 Å². The fraction of sp³-hybridized carbons (Fsp3) is 0. The lowest BCUT2D eigenvalue weighted by molar-refractivity contribution is 0.671. The Balaban J connectivity index is 0.969. The van der Waals surface area contributed by atoms with E-state index in [4.69, 9.17) is 4.42 Å². The number of rotatable bonds is 9. The first-order valence-electron chi connectivity index (χ1n) is 23.6. The maximum Gasteiger partial charge on any atom is 0.143 e. The molecule has 324 valence electrons. The number of aromatic nitrogens is 1. The predicted molar refractivity (Wildman–Crippen MR) is 290 cm³/mol. The van der Waals surface area contributed by atoms with Gasteiger partial charge in [0, 0.05) is 55.4 Å². The molecule has 69 heavy (non-hydrogen) atoms. The first-order valence-corrected chi connectivity index (χ1v) is 23.6. The van der Waals surface area contributed by atoms with Crippen LogP contribution < -0.4 is 4.90 Å². The van der Waals surface area contributed by atoms with Crippen molar-refractivity contribution >= 4 is 60.8 Å². The topological polar surface area (TPSA) is 21.3 Å². The van der Waals surface area contributed by atoms with Gasteiger partial charge >= 0.3 is 0 Å². The summed E-state index contributed by atoms with van der Waals surface area (Å²) in [5.74, 6) is 0. The molecule has 13 aromatic rings. The second-order valence-corrected chi connectivity index (χ2v) is 17.7. The predicted octanol–water partition coefficient (Wildman–Crippen LogP) is 18.5. The fourth-order valence-electron chi connectivity index (χ4n) is 10.2. The van der Waals surface area contributed by atoms with Crippen LogP contribution in [0.15, 0.2) is 271 Å². The van der Waals surface area contributed by atoms with E-state index in [2.05, 4.69) is 276 Å². The Labute approximate surface area is 401 Å². The van der Waals surface area contributed by atoms with Crippen LogP contribution in [0.25, 0.3) is 105 Å². The van der Waals surface area contributed by atoms with Crippen LogP contribution in [-0.2, 0) is 0 Å². The molecule has 13 rings (SSSR count). The number of hydrogen-bond donors (Lipinski definition) is 0. The minimum Gasteiger partial charge on any atom is -0.455 e. The molecule has 0 unspecified atom stereocenters. The normalized spacial score (nSPS) is 11.5. The first-order chi connectivity index (χ1) is 34.2. The van der Waals surface area contributed by atoms with Gasteiger partial charge in [-0.1, -0.05) is 194 Å². The molecular formula is C66H44N2O. The Hall–Kier alpha value is -9.18. The van der Waals surface area contributed by atoms with Crippen molar-refractivity contribution in [3.05, 3.63) is 267 Å². The zero-order valence-electron chi connectivity index (χ0n) is 37.7. The highest BCUT2D eigenvalue weighted by atomic mass is 16.3. The summed E-state index contributed by atoms with van der Waals surface area (Å²) in [6.45, 7) is 0. The quantitative estimate of drug-likeness (QED) is 0.144. The van der Waals surface area contributed by atoms with Gasteiger partial charge in [-0.25, -0.2) is 0 Å². The van der Waals surface area contributed by atoms with E-state index in [1.807, 2.05) is 0 Å². The van der Waals surface area contributed by atoms with Gasteiger partial charge in [-0.2, -0.15) is 0 Å². The van der Waals surface area contributed by atoms with Crippen LogP contribution in [0.4, 0.5) is 17.1 Å². The molecule has 0 aliphatic heterocycles. The monoisotopic (exact) mass is 880 g/mol. The summed E-state index contributed by atoms with van der Waals surface area (Å²) in [4.78, 5) is 2.34. The lowest BCUT2D eigenvalue weighted by Crippen LogP contribution is -2.09. The molecule has 0 aliphatic carbocycles. The molecule has 3 nitrogen and oxygen atoms in total. The van der Waals surface area contributed by atoms with Crippen LogP contribution >= 0.6 is 0 Å². The molecular weight excluding hydrogens is 837 g/mol. The number of furan rings is 1. The lowest BCUT2D eigenvalue weighted by Gasteiger charge is -2.26. The summed E-state index contributed by atoms with van der Waals surface area (Å²) in [7, 11) is 0. The van der Waals surface area contributed by atoms with E-state index in [0.29, 0.717) is 0 Å². The standard InChI is InChI=1S/C66H44N2O/c1-5-16-45(17-6-1)47-28-35-54(36-29-47)67(55-37-30-48(31-38-55)46-18-7-2-8-19-46)56-39-32-49(33-40-56)52-42-61(66-62(43-52)60-26-15-25-57(65(60)69-66)50-20-9-3-10-21-50)51-34-41-59-58-24-13-14-27-63(58)68(64(59)44-51)53-22-11-4-12-23-53/h1-44H. The SMILES string of the molecule is c1ccc(-c2ccc(N(c3ccc(-c4ccccc4)cc3)c3ccc(-c4cc(-c5ccc6c7ccccc7n(-c7ccccc7)c6c5)c5oc6c(-c7ccccc7)cccc6c5c4)cc3)cc2)cc1. The number of fused-ring (bicyclic) bond motifs is 6. The molecule has 0 amide bonds. The molecule has 0 aliphatic rings. The molecule has 0 saturated heterocycles. The zero-order valence-corrected chi connectivity index (χ0v) is 37.7. The number of hydrogen-bond acceptors (Lipinski definition) is 2. The average molecular weight is 881 g/mol. The number of para-hydroxylation sites is 3. The summed E-state index contributed by atoms with van der Waals surface area (Å²) in [5, 5.41) is 4.62. The number of nitrogens with zero attached hydrogens (tertiary/aromatic N) is 2. The van der Waals surface area contributed by atoms with Crippen molar-refractivity contribution < 1.29 is 4.42 Å². The third-order valence-corrected chi connectivity index (χ3v) is 13.6. The summed E-state index contributed by atoms with van der Waals surface area (Å²) in [6, 6.07) is 95.9. The molecule has 0 N–H and O–H groups in total. The fourth-order valence-corrected chi connectivity index (χ4v) is 10.2. The molecule has 0 fully saturated rings. The Kier molecular flexibility index (Phi) is 9.84. The van der Waals surface area contributed by atoms with Crippen molar-refractivity contribution in [1.82, 2.24) is 4.57 Å². The number of anilines is 3. The van der Waals surface area contributed by atoms with Gasteiger partial charge in [0.2, 0.25) is 0 Å². The second kappa shape index (κ2) is 16.9. The molecule has 11 aromatic carbocycles. The summed E-state index contributed by atoms with van der Waals surface area (Å²) >= 11 is 0.